The van der Waals surface area contributed by atoms with Crippen molar-refractivity contribution < 1.29 is 19.1 Å². The first-order chi connectivity index (χ1) is 24.1. The summed E-state index contributed by atoms with van der Waals surface area (Å²) in [6, 6.07) is 10.2. The number of aromatic nitrogens is 2. The number of carbonyl (C=O) groups is 2. The Kier molecular flexibility index (Phi) is 11.9. The van der Waals surface area contributed by atoms with Crippen molar-refractivity contribution in [2.24, 2.45) is 0 Å². The van der Waals surface area contributed by atoms with Crippen LogP contribution in [-0.2, 0) is 22.6 Å². The molecule has 51 heavy (non-hydrogen) atoms. The molecule has 0 bridgehead atoms. The monoisotopic (exact) mass is 700 g/mol. The van der Waals surface area contributed by atoms with E-state index in [9.17, 15) is 14.4 Å². The Balaban J connectivity index is 1.47. The third-order valence-corrected chi connectivity index (χ3v) is 10.1. The third-order valence-electron chi connectivity index (χ3n) is 10.1. The van der Waals surface area contributed by atoms with Crippen LogP contribution < -0.4 is 15.8 Å². The van der Waals surface area contributed by atoms with Crippen LogP contribution in [-0.4, -0.2) is 88.3 Å². The number of aryl methyl sites for hydroxylation is 2. The molecule has 2 aliphatic heterocycles. The highest BCUT2D eigenvalue weighted by Gasteiger charge is 2.39. The predicted molar refractivity (Wildman–Crippen MR) is 201 cm³/mol. The van der Waals surface area contributed by atoms with Gasteiger partial charge in [-0.3, -0.25) is 19.5 Å². The fourth-order valence-corrected chi connectivity index (χ4v) is 7.54. The first-order valence-corrected chi connectivity index (χ1v) is 18.3. The Morgan fingerprint density at radius 1 is 1.04 bits per heavy atom. The first-order valence-electron chi connectivity index (χ1n) is 18.3. The van der Waals surface area contributed by atoms with Crippen molar-refractivity contribution in [2.45, 2.75) is 112 Å². The third kappa shape index (κ3) is 9.18. The summed E-state index contributed by atoms with van der Waals surface area (Å²) >= 11 is 0. The molecule has 2 unspecified atom stereocenters. The van der Waals surface area contributed by atoms with Gasteiger partial charge < -0.3 is 29.6 Å². The molecule has 2 N–H and O–H groups in total. The molecule has 5 rings (SSSR count). The van der Waals surface area contributed by atoms with Crippen LogP contribution in [0.2, 0.25) is 0 Å². The minimum atomic E-state index is -0.571. The van der Waals surface area contributed by atoms with Crippen LogP contribution in [0.15, 0.2) is 41.3 Å². The number of anilines is 1. The number of aromatic amines is 1. The van der Waals surface area contributed by atoms with Gasteiger partial charge in [0.25, 0.3) is 11.5 Å². The fourth-order valence-electron chi connectivity index (χ4n) is 7.54. The zero-order valence-corrected chi connectivity index (χ0v) is 31.9. The van der Waals surface area contributed by atoms with E-state index in [2.05, 4.69) is 59.1 Å². The molecular formula is C40H56N6O5. The molecule has 0 radical (unpaired) electrons. The topological polar surface area (TPSA) is 120 Å². The summed E-state index contributed by atoms with van der Waals surface area (Å²) in [5, 5.41) is 3.04. The average molecular weight is 701 g/mol. The lowest BCUT2D eigenvalue weighted by atomic mass is 9.90. The molecule has 2 saturated heterocycles. The lowest BCUT2D eigenvalue weighted by molar-refractivity contribution is -0.00252. The highest BCUT2D eigenvalue weighted by Crippen LogP contribution is 2.36. The molecule has 11 nitrogen and oxygen atoms in total. The van der Waals surface area contributed by atoms with E-state index in [1.54, 1.807) is 0 Å². The van der Waals surface area contributed by atoms with Crippen molar-refractivity contribution in [1.82, 2.24) is 25.1 Å². The molecule has 3 atom stereocenters. The number of benzene rings is 1. The van der Waals surface area contributed by atoms with Gasteiger partial charge in [-0.05, 0) is 116 Å². The summed E-state index contributed by atoms with van der Waals surface area (Å²) < 4.78 is 11.3. The molecule has 2 aromatic heterocycles. The van der Waals surface area contributed by atoms with E-state index in [0.717, 1.165) is 91.6 Å². The minimum absolute atomic E-state index is 0.0343. The zero-order chi connectivity index (χ0) is 37.0. The maximum absolute atomic E-state index is 14.0. The Hall–Kier alpha value is -4.22. The van der Waals surface area contributed by atoms with Gasteiger partial charge >= 0.3 is 6.09 Å². The van der Waals surface area contributed by atoms with Gasteiger partial charge in [-0.1, -0.05) is 6.07 Å². The maximum Gasteiger partial charge on any atom is 0.410 e. The van der Waals surface area contributed by atoms with Crippen LogP contribution >= 0.6 is 0 Å². The number of piperidine rings is 1. The lowest BCUT2D eigenvalue weighted by Crippen LogP contribution is -2.56. The Morgan fingerprint density at radius 3 is 2.31 bits per heavy atom. The molecule has 3 aromatic rings. The number of pyridine rings is 2. The average Bonchev–Trinajstić information content (AvgIpc) is 3.05. The van der Waals surface area contributed by atoms with E-state index in [4.69, 9.17) is 14.5 Å². The molecule has 0 aliphatic carbocycles. The number of likely N-dealkylation sites (tertiary alicyclic amines) is 1. The number of carbonyl (C=O) groups excluding carboxylic acids is 2. The van der Waals surface area contributed by atoms with Crippen LogP contribution in [0.25, 0.3) is 11.1 Å². The summed E-state index contributed by atoms with van der Waals surface area (Å²) in [5.41, 5.74) is 6.56. The number of amides is 2. The van der Waals surface area contributed by atoms with Crippen LogP contribution in [0.3, 0.4) is 0 Å². The summed E-state index contributed by atoms with van der Waals surface area (Å²) in [6.45, 7) is 22.5. The predicted octanol–water partition coefficient (Wildman–Crippen LogP) is 6.13. The second-order valence-electron chi connectivity index (χ2n) is 15.2. The van der Waals surface area contributed by atoms with Gasteiger partial charge in [0.2, 0.25) is 0 Å². The van der Waals surface area contributed by atoms with E-state index >= 15 is 0 Å². The molecule has 2 amide bonds. The molecule has 2 fully saturated rings. The SMILES string of the molecule is CCN(c1cc(-c2ccc(CN3CCOCC3)nc2)cc(C(=O)NCc2c(C)cc(C)[nH]c2=O)c1C)C1CC(C)N(C(=O)OC(C)(C)C)[C@H](C)C1. The van der Waals surface area contributed by atoms with Gasteiger partial charge in [0.15, 0.2) is 0 Å². The van der Waals surface area contributed by atoms with Crippen molar-refractivity contribution in [1.29, 1.82) is 0 Å². The number of nitrogens with zero attached hydrogens (tertiary/aromatic N) is 4. The molecule has 2 aliphatic rings. The van der Waals surface area contributed by atoms with Crippen molar-refractivity contribution in [2.75, 3.05) is 37.7 Å². The summed E-state index contributed by atoms with van der Waals surface area (Å²) in [4.78, 5) is 54.2. The molecule has 276 valence electrons. The molecule has 0 spiro atoms. The molecular weight excluding hydrogens is 644 g/mol. The number of rotatable bonds is 9. The van der Waals surface area contributed by atoms with E-state index in [1.807, 2.05) is 64.8 Å². The number of hydrogen-bond acceptors (Lipinski definition) is 8. The van der Waals surface area contributed by atoms with Crippen LogP contribution in [0.1, 0.15) is 92.8 Å². The largest absolute Gasteiger partial charge is 0.444 e. The van der Waals surface area contributed by atoms with E-state index < -0.39 is 5.60 Å². The standard InChI is InChI=1S/C40H56N6O5/c1-10-45(33-18-27(4)46(28(5)19-33)39(49)51-40(7,8)9)36-21-31(30-11-12-32(41-22-30)24-44-13-15-50-16-14-44)20-34(29(36)6)37(47)42-23-35-25(2)17-26(3)43-38(35)48/h11-12,17,20-22,27-28,33H,10,13-16,18-19,23-24H2,1-9H3,(H,42,47)(H,43,48)/t27-,28?,33?/m1/s1. The fraction of sp³-hybridized carbons (Fsp3) is 0.550. The van der Waals surface area contributed by atoms with Gasteiger partial charge in [-0.2, -0.15) is 0 Å². The van der Waals surface area contributed by atoms with Crippen LogP contribution in [0, 0.1) is 20.8 Å². The van der Waals surface area contributed by atoms with Gasteiger partial charge in [-0.15, -0.1) is 0 Å². The van der Waals surface area contributed by atoms with Gasteiger partial charge in [0.1, 0.15) is 5.60 Å². The molecule has 1 aromatic carbocycles. The Bertz CT molecular complexity index is 1750. The quantitative estimate of drug-likeness (QED) is 0.274. The number of H-pyrrole nitrogens is 1. The molecule has 0 saturated carbocycles. The maximum atomic E-state index is 14.0. The summed E-state index contributed by atoms with van der Waals surface area (Å²) in [5.74, 6) is -0.246. The van der Waals surface area contributed by atoms with E-state index in [-0.39, 0.29) is 42.2 Å². The summed E-state index contributed by atoms with van der Waals surface area (Å²) in [6.07, 6.45) is 3.13. The van der Waals surface area contributed by atoms with Gasteiger partial charge in [-0.25, -0.2) is 4.79 Å². The Morgan fingerprint density at radius 2 is 1.73 bits per heavy atom. The van der Waals surface area contributed by atoms with Crippen molar-refractivity contribution in [3.63, 3.8) is 0 Å². The molecule has 4 heterocycles. The highest BCUT2D eigenvalue weighted by atomic mass is 16.6. The zero-order valence-electron chi connectivity index (χ0n) is 31.9. The highest BCUT2D eigenvalue weighted by molar-refractivity contribution is 5.99. The number of ether oxygens (including phenoxy) is 2. The lowest BCUT2D eigenvalue weighted by Gasteiger charge is -2.47. The Labute approximate surface area is 302 Å². The summed E-state index contributed by atoms with van der Waals surface area (Å²) in [7, 11) is 0. The second kappa shape index (κ2) is 16.0. The number of nitrogens with one attached hydrogen (secondary N) is 2. The van der Waals surface area contributed by atoms with Gasteiger partial charge in [0, 0.05) is 85.1 Å². The van der Waals surface area contributed by atoms with Crippen molar-refractivity contribution >= 4 is 17.7 Å². The first kappa shape index (κ1) is 38.0. The van der Waals surface area contributed by atoms with E-state index in [0.29, 0.717) is 11.1 Å². The normalized spacial score (nSPS) is 19.9. The molecule has 11 heteroatoms. The number of hydrogen-bond donors (Lipinski definition) is 2. The van der Waals surface area contributed by atoms with Crippen LogP contribution in [0.5, 0.6) is 0 Å². The van der Waals surface area contributed by atoms with Crippen LogP contribution in [0.4, 0.5) is 10.5 Å². The number of morpholine rings is 1. The van der Waals surface area contributed by atoms with Gasteiger partial charge in [0.05, 0.1) is 18.9 Å². The smallest absolute Gasteiger partial charge is 0.410 e. The van der Waals surface area contributed by atoms with Crippen molar-refractivity contribution in [3.05, 3.63) is 80.5 Å². The minimum Gasteiger partial charge on any atom is -0.444 e. The van der Waals surface area contributed by atoms with Crippen molar-refractivity contribution in [3.8, 4) is 11.1 Å². The second-order valence-corrected chi connectivity index (χ2v) is 15.2. The van der Waals surface area contributed by atoms with E-state index in [1.165, 1.54) is 0 Å².